The molecule has 0 unspecified atom stereocenters. The number of hydrogen-bond donors (Lipinski definition) is 1. The number of carboxylic acids is 1. The number of amides is 1. The Balaban J connectivity index is 2.18. The largest absolute Gasteiger partial charge is 0.478 e. The number of aryl methyl sites for hydroxylation is 1. The molecule has 0 aliphatic carbocycles. The first-order valence-corrected chi connectivity index (χ1v) is 7.66. The molecule has 2 rings (SSSR count). The molecule has 120 valence electrons. The van der Waals surface area contributed by atoms with Crippen molar-refractivity contribution in [2.45, 2.75) is 45.8 Å². The summed E-state index contributed by atoms with van der Waals surface area (Å²) in [5.41, 5.74) is 1.36. The van der Waals surface area contributed by atoms with E-state index in [0.717, 1.165) is 18.4 Å². The second-order valence-corrected chi connectivity index (χ2v) is 6.07. The summed E-state index contributed by atoms with van der Waals surface area (Å²) in [4.78, 5) is 25.7. The van der Waals surface area contributed by atoms with Gasteiger partial charge < -0.3 is 14.7 Å². The number of carboxylic acid groups (broad SMARTS) is 1. The summed E-state index contributed by atoms with van der Waals surface area (Å²) in [6, 6.07) is 4.84. The molecular formula is C17H23NO4. The van der Waals surface area contributed by atoms with Crippen LogP contribution in [0.4, 0.5) is 0 Å². The van der Waals surface area contributed by atoms with Crippen LogP contribution in [0.3, 0.4) is 0 Å². The van der Waals surface area contributed by atoms with Gasteiger partial charge in [0.1, 0.15) is 0 Å². The van der Waals surface area contributed by atoms with Gasteiger partial charge in [-0.2, -0.15) is 0 Å². The summed E-state index contributed by atoms with van der Waals surface area (Å²) >= 11 is 0. The average Bonchev–Trinajstić information content (AvgIpc) is 2.91. The number of carbonyl (C=O) groups excluding carboxylic acids is 1. The lowest BCUT2D eigenvalue weighted by Crippen LogP contribution is -2.38. The van der Waals surface area contributed by atoms with E-state index in [0.29, 0.717) is 18.7 Å². The minimum absolute atomic E-state index is 0.0729. The topological polar surface area (TPSA) is 66.8 Å². The highest BCUT2D eigenvalue weighted by Gasteiger charge is 2.30. The van der Waals surface area contributed by atoms with Crippen molar-refractivity contribution in [1.82, 2.24) is 4.90 Å². The molecule has 0 bridgehead atoms. The number of hydrogen-bond acceptors (Lipinski definition) is 3. The number of benzene rings is 1. The summed E-state index contributed by atoms with van der Waals surface area (Å²) in [6.45, 7) is 6.97. The van der Waals surface area contributed by atoms with E-state index in [9.17, 15) is 9.59 Å². The fourth-order valence-electron chi connectivity index (χ4n) is 2.78. The lowest BCUT2D eigenvalue weighted by Gasteiger charge is -2.25. The summed E-state index contributed by atoms with van der Waals surface area (Å²) in [5, 5.41) is 9.13. The molecule has 5 heteroatoms. The first-order valence-electron chi connectivity index (χ1n) is 7.66. The Morgan fingerprint density at radius 1 is 1.32 bits per heavy atom. The molecule has 1 amide bonds. The molecule has 0 spiro atoms. The van der Waals surface area contributed by atoms with Crippen molar-refractivity contribution in [3.05, 3.63) is 34.9 Å². The maximum Gasteiger partial charge on any atom is 0.335 e. The third-order valence-electron chi connectivity index (χ3n) is 3.83. The molecule has 22 heavy (non-hydrogen) atoms. The summed E-state index contributed by atoms with van der Waals surface area (Å²) in [6.07, 6.45) is 2.01. The van der Waals surface area contributed by atoms with Gasteiger partial charge in [0.25, 0.3) is 5.91 Å². The fraction of sp³-hybridized carbons (Fsp3) is 0.529. The Hall–Kier alpha value is -1.88. The standard InChI is InChI=1S/C17H23NO4/c1-11(2)22-10-15-5-4-6-18(15)16(19)13-7-12(3)8-14(9-13)17(20)21/h7-9,11,15H,4-6,10H2,1-3H3,(H,20,21)/t15-/m1/s1. The molecule has 0 radical (unpaired) electrons. The van der Waals surface area contributed by atoms with Gasteiger partial charge in [-0.05, 0) is 57.4 Å². The van der Waals surface area contributed by atoms with Crippen LogP contribution in [0.1, 0.15) is 53.0 Å². The molecule has 1 aromatic carbocycles. The molecule has 1 atom stereocenters. The van der Waals surface area contributed by atoms with Crippen molar-refractivity contribution in [2.24, 2.45) is 0 Å². The zero-order chi connectivity index (χ0) is 16.3. The van der Waals surface area contributed by atoms with E-state index in [4.69, 9.17) is 9.84 Å². The number of rotatable bonds is 5. The molecule has 5 nitrogen and oxygen atoms in total. The zero-order valence-corrected chi connectivity index (χ0v) is 13.3. The van der Waals surface area contributed by atoms with E-state index in [1.54, 1.807) is 19.1 Å². The van der Waals surface area contributed by atoms with E-state index in [1.165, 1.54) is 6.07 Å². The summed E-state index contributed by atoms with van der Waals surface area (Å²) < 4.78 is 5.64. The van der Waals surface area contributed by atoms with Crippen LogP contribution in [0.25, 0.3) is 0 Å². The molecule has 1 heterocycles. The van der Waals surface area contributed by atoms with Gasteiger partial charge in [-0.1, -0.05) is 0 Å². The maximum absolute atomic E-state index is 12.7. The van der Waals surface area contributed by atoms with Gasteiger partial charge in [0.05, 0.1) is 24.3 Å². The van der Waals surface area contributed by atoms with E-state index in [2.05, 4.69) is 0 Å². The van der Waals surface area contributed by atoms with E-state index in [1.807, 2.05) is 18.7 Å². The third kappa shape index (κ3) is 3.85. The van der Waals surface area contributed by atoms with Gasteiger partial charge in [0, 0.05) is 12.1 Å². The minimum Gasteiger partial charge on any atom is -0.478 e. The Kier molecular flexibility index (Phi) is 5.19. The van der Waals surface area contributed by atoms with Crippen LogP contribution in [-0.2, 0) is 4.74 Å². The lowest BCUT2D eigenvalue weighted by atomic mass is 10.1. The van der Waals surface area contributed by atoms with Crippen molar-refractivity contribution in [2.75, 3.05) is 13.2 Å². The predicted molar refractivity (Wildman–Crippen MR) is 83.3 cm³/mol. The van der Waals surface area contributed by atoms with Gasteiger partial charge in [0.2, 0.25) is 0 Å². The lowest BCUT2D eigenvalue weighted by molar-refractivity contribution is 0.0326. The second-order valence-electron chi connectivity index (χ2n) is 6.07. The Labute approximate surface area is 130 Å². The first kappa shape index (κ1) is 16.5. The number of aromatic carboxylic acids is 1. The zero-order valence-electron chi connectivity index (χ0n) is 13.3. The monoisotopic (exact) mass is 305 g/mol. The Morgan fingerprint density at radius 3 is 2.64 bits per heavy atom. The predicted octanol–water partition coefficient (Wildman–Crippen LogP) is 2.72. The van der Waals surface area contributed by atoms with Crippen molar-refractivity contribution in [1.29, 1.82) is 0 Å². The van der Waals surface area contributed by atoms with Crippen LogP contribution in [0, 0.1) is 6.92 Å². The normalized spacial score (nSPS) is 18.0. The van der Waals surface area contributed by atoms with Crippen molar-refractivity contribution < 1.29 is 19.4 Å². The quantitative estimate of drug-likeness (QED) is 0.908. The molecular weight excluding hydrogens is 282 g/mol. The highest BCUT2D eigenvalue weighted by molar-refractivity contribution is 5.98. The highest BCUT2D eigenvalue weighted by Crippen LogP contribution is 2.22. The number of likely N-dealkylation sites (tertiary alicyclic amines) is 1. The van der Waals surface area contributed by atoms with Crippen LogP contribution >= 0.6 is 0 Å². The van der Waals surface area contributed by atoms with Gasteiger partial charge in [-0.25, -0.2) is 4.79 Å². The number of carbonyl (C=O) groups is 2. The van der Waals surface area contributed by atoms with Gasteiger partial charge in [-0.15, -0.1) is 0 Å². The van der Waals surface area contributed by atoms with Gasteiger partial charge in [0.15, 0.2) is 0 Å². The Bertz CT molecular complexity index is 568. The van der Waals surface area contributed by atoms with Gasteiger partial charge >= 0.3 is 5.97 Å². The van der Waals surface area contributed by atoms with Crippen molar-refractivity contribution >= 4 is 11.9 Å². The van der Waals surface area contributed by atoms with Crippen LogP contribution in [0.2, 0.25) is 0 Å². The van der Waals surface area contributed by atoms with Crippen LogP contribution in [-0.4, -0.2) is 47.2 Å². The van der Waals surface area contributed by atoms with E-state index >= 15 is 0 Å². The van der Waals surface area contributed by atoms with E-state index < -0.39 is 5.97 Å². The van der Waals surface area contributed by atoms with Crippen LogP contribution in [0.15, 0.2) is 18.2 Å². The molecule has 1 aliphatic heterocycles. The maximum atomic E-state index is 12.7. The van der Waals surface area contributed by atoms with Crippen molar-refractivity contribution in [3.8, 4) is 0 Å². The molecule has 0 aromatic heterocycles. The molecule has 1 fully saturated rings. The summed E-state index contributed by atoms with van der Waals surface area (Å²) in [5.74, 6) is -1.13. The SMILES string of the molecule is Cc1cc(C(=O)O)cc(C(=O)N2CCC[C@@H]2COC(C)C)c1. The highest BCUT2D eigenvalue weighted by atomic mass is 16.5. The van der Waals surface area contributed by atoms with E-state index in [-0.39, 0.29) is 23.6 Å². The van der Waals surface area contributed by atoms with Crippen LogP contribution < -0.4 is 0 Å². The minimum atomic E-state index is -1.01. The third-order valence-corrected chi connectivity index (χ3v) is 3.83. The second kappa shape index (κ2) is 6.92. The molecule has 1 aliphatic rings. The first-order chi connectivity index (χ1) is 10.4. The molecule has 1 saturated heterocycles. The number of ether oxygens (including phenoxy) is 1. The smallest absolute Gasteiger partial charge is 0.335 e. The molecule has 1 aromatic rings. The van der Waals surface area contributed by atoms with Gasteiger partial charge in [-0.3, -0.25) is 4.79 Å². The average molecular weight is 305 g/mol. The molecule has 0 saturated carbocycles. The van der Waals surface area contributed by atoms with Crippen LogP contribution in [0.5, 0.6) is 0 Å². The Morgan fingerprint density at radius 2 is 2.00 bits per heavy atom. The van der Waals surface area contributed by atoms with Crippen molar-refractivity contribution in [3.63, 3.8) is 0 Å². The fourth-order valence-corrected chi connectivity index (χ4v) is 2.78. The number of nitrogens with zero attached hydrogens (tertiary/aromatic N) is 1. The summed E-state index contributed by atoms with van der Waals surface area (Å²) in [7, 11) is 0. The molecule has 1 N–H and O–H groups in total.